The second-order valence-electron chi connectivity index (χ2n) is 3.62. The summed E-state index contributed by atoms with van der Waals surface area (Å²) in [5.41, 5.74) is 1.42. The summed E-state index contributed by atoms with van der Waals surface area (Å²) in [6.45, 7) is 5.04. The lowest BCUT2D eigenvalue weighted by molar-refractivity contribution is -0.116. The van der Waals surface area contributed by atoms with E-state index in [-0.39, 0.29) is 5.91 Å². The third kappa shape index (κ3) is 5.15. The molecule has 0 bridgehead atoms. The van der Waals surface area contributed by atoms with Gasteiger partial charge in [-0.15, -0.1) is 0 Å². The van der Waals surface area contributed by atoms with Gasteiger partial charge in [0.1, 0.15) is 5.15 Å². The van der Waals surface area contributed by atoms with Crippen molar-refractivity contribution in [2.24, 2.45) is 0 Å². The Bertz CT molecular complexity index is 383. The number of ether oxygens (including phenoxy) is 1. The molecule has 0 saturated carbocycles. The average Bonchev–Trinajstić information content (AvgIpc) is 2.28. The van der Waals surface area contributed by atoms with Gasteiger partial charge in [0.05, 0.1) is 11.4 Å². The zero-order chi connectivity index (χ0) is 12.7. The normalized spacial score (nSPS) is 10.3. The van der Waals surface area contributed by atoms with Crippen molar-refractivity contribution in [1.82, 2.24) is 4.98 Å². The number of rotatable bonds is 6. The predicted octanol–water partition coefficient (Wildman–Crippen LogP) is 2.80. The van der Waals surface area contributed by atoms with Gasteiger partial charge in [-0.3, -0.25) is 4.79 Å². The average molecular weight is 257 g/mol. The van der Waals surface area contributed by atoms with Gasteiger partial charge in [-0.25, -0.2) is 4.98 Å². The Balaban J connectivity index is 2.40. The number of aromatic nitrogens is 1. The maximum Gasteiger partial charge on any atom is 0.224 e. The van der Waals surface area contributed by atoms with Crippen LogP contribution >= 0.6 is 11.6 Å². The fraction of sp³-hybridized carbons (Fsp3) is 0.500. The monoisotopic (exact) mass is 256 g/mol. The topological polar surface area (TPSA) is 51.2 Å². The first kappa shape index (κ1) is 13.9. The van der Waals surface area contributed by atoms with E-state index in [0.717, 1.165) is 12.1 Å². The SMILES string of the molecule is CCOCCCC(=O)Nc1ccc(Cl)nc1C. The largest absolute Gasteiger partial charge is 0.382 e. The van der Waals surface area contributed by atoms with Gasteiger partial charge < -0.3 is 10.1 Å². The highest BCUT2D eigenvalue weighted by Crippen LogP contribution is 2.15. The summed E-state index contributed by atoms with van der Waals surface area (Å²) in [6.07, 6.45) is 1.17. The smallest absolute Gasteiger partial charge is 0.224 e. The molecule has 0 atom stereocenters. The quantitative estimate of drug-likeness (QED) is 0.629. The molecule has 0 aliphatic rings. The Hall–Kier alpha value is -1.13. The van der Waals surface area contributed by atoms with Crippen LogP contribution in [0.25, 0.3) is 0 Å². The molecule has 0 radical (unpaired) electrons. The number of amides is 1. The fourth-order valence-corrected chi connectivity index (χ4v) is 1.54. The molecule has 0 fully saturated rings. The molecule has 0 aliphatic carbocycles. The standard InChI is InChI=1S/C12H17ClN2O2/c1-3-17-8-4-5-12(16)15-10-6-7-11(13)14-9(10)2/h6-7H,3-5,8H2,1-2H3,(H,15,16). The van der Waals surface area contributed by atoms with Crippen molar-refractivity contribution < 1.29 is 9.53 Å². The Morgan fingerprint density at radius 2 is 2.29 bits per heavy atom. The van der Waals surface area contributed by atoms with E-state index in [1.54, 1.807) is 12.1 Å². The van der Waals surface area contributed by atoms with E-state index in [9.17, 15) is 4.79 Å². The highest BCUT2D eigenvalue weighted by Gasteiger charge is 2.05. The van der Waals surface area contributed by atoms with Crippen LogP contribution in [-0.2, 0) is 9.53 Å². The summed E-state index contributed by atoms with van der Waals surface area (Å²) in [4.78, 5) is 15.6. The van der Waals surface area contributed by atoms with Gasteiger partial charge in [-0.05, 0) is 32.4 Å². The molecule has 1 aromatic rings. The molecule has 4 nitrogen and oxygen atoms in total. The summed E-state index contributed by atoms with van der Waals surface area (Å²) >= 11 is 5.73. The maximum absolute atomic E-state index is 11.6. The van der Waals surface area contributed by atoms with Crippen LogP contribution in [0, 0.1) is 6.92 Å². The molecule has 1 heterocycles. The molecule has 5 heteroatoms. The number of hydrogen-bond acceptors (Lipinski definition) is 3. The van der Waals surface area contributed by atoms with Gasteiger partial charge in [-0.2, -0.15) is 0 Å². The van der Waals surface area contributed by atoms with Gasteiger partial charge in [0.2, 0.25) is 5.91 Å². The first-order chi connectivity index (χ1) is 8.13. The summed E-state index contributed by atoms with van der Waals surface area (Å²) < 4.78 is 5.16. The van der Waals surface area contributed by atoms with Crippen molar-refractivity contribution in [2.75, 3.05) is 18.5 Å². The lowest BCUT2D eigenvalue weighted by Gasteiger charge is -2.07. The highest BCUT2D eigenvalue weighted by atomic mass is 35.5. The molecule has 0 aliphatic heterocycles. The zero-order valence-electron chi connectivity index (χ0n) is 10.1. The molecule has 0 saturated heterocycles. The number of pyridine rings is 1. The first-order valence-electron chi connectivity index (χ1n) is 5.64. The fourth-order valence-electron chi connectivity index (χ4n) is 1.35. The minimum atomic E-state index is -0.0306. The summed E-state index contributed by atoms with van der Waals surface area (Å²) in [5, 5.41) is 3.23. The molecule has 0 unspecified atom stereocenters. The summed E-state index contributed by atoms with van der Waals surface area (Å²) in [7, 11) is 0. The molecule has 1 aromatic heterocycles. The van der Waals surface area contributed by atoms with Crippen LogP contribution in [-0.4, -0.2) is 24.1 Å². The summed E-state index contributed by atoms with van der Waals surface area (Å²) in [6, 6.07) is 3.41. The van der Waals surface area contributed by atoms with Gasteiger partial charge >= 0.3 is 0 Å². The first-order valence-corrected chi connectivity index (χ1v) is 6.02. The van der Waals surface area contributed by atoms with Crippen molar-refractivity contribution >= 4 is 23.2 Å². The van der Waals surface area contributed by atoms with Crippen LogP contribution in [0.5, 0.6) is 0 Å². The summed E-state index contributed by atoms with van der Waals surface area (Å²) in [5.74, 6) is -0.0306. The highest BCUT2D eigenvalue weighted by molar-refractivity contribution is 6.29. The maximum atomic E-state index is 11.6. The second kappa shape index (κ2) is 7.25. The van der Waals surface area contributed by atoms with Crippen LogP contribution in [0.3, 0.4) is 0 Å². The number of carbonyl (C=O) groups is 1. The number of nitrogens with one attached hydrogen (secondary N) is 1. The van der Waals surface area contributed by atoms with E-state index < -0.39 is 0 Å². The van der Waals surface area contributed by atoms with Gasteiger partial charge in [0.25, 0.3) is 0 Å². The Morgan fingerprint density at radius 3 is 2.94 bits per heavy atom. The van der Waals surface area contributed by atoms with Crippen LogP contribution in [0.15, 0.2) is 12.1 Å². The molecule has 1 rings (SSSR count). The van der Waals surface area contributed by atoms with Crippen molar-refractivity contribution in [2.45, 2.75) is 26.7 Å². The van der Waals surface area contributed by atoms with Crippen LogP contribution < -0.4 is 5.32 Å². The number of hydrogen-bond donors (Lipinski definition) is 1. The molecule has 94 valence electrons. The molecule has 1 amide bonds. The molecule has 1 N–H and O–H groups in total. The minimum Gasteiger partial charge on any atom is -0.382 e. The number of halogens is 1. The minimum absolute atomic E-state index is 0.0306. The Kier molecular flexibility index (Phi) is 5.94. The number of aryl methyl sites for hydroxylation is 1. The Morgan fingerprint density at radius 1 is 1.53 bits per heavy atom. The molecule has 17 heavy (non-hydrogen) atoms. The van der Waals surface area contributed by atoms with Crippen molar-refractivity contribution in [3.8, 4) is 0 Å². The van der Waals surface area contributed by atoms with Crippen LogP contribution in [0.4, 0.5) is 5.69 Å². The van der Waals surface area contributed by atoms with Crippen molar-refractivity contribution in [3.63, 3.8) is 0 Å². The van der Waals surface area contributed by atoms with E-state index >= 15 is 0 Å². The van der Waals surface area contributed by atoms with E-state index in [2.05, 4.69) is 10.3 Å². The van der Waals surface area contributed by atoms with Gasteiger partial charge in [0, 0.05) is 19.6 Å². The number of anilines is 1. The van der Waals surface area contributed by atoms with Crippen molar-refractivity contribution in [3.05, 3.63) is 23.0 Å². The lowest BCUT2D eigenvalue weighted by atomic mass is 10.2. The third-order valence-corrected chi connectivity index (χ3v) is 2.43. The van der Waals surface area contributed by atoms with Gasteiger partial charge in [0.15, 0.2) is 0 Å². The van der Waals surface area contributed by atoms with E-state index in [0.29, 0.717) is 30.5 Å². The zero-order valence-corrected chi connectivity index (χ0v) is 10.9. The molecular weight excluding hydrogens is 240 g/mol. The Labute approximate surface area is 106 Å². The lowest BCUT2D eigenvalue weighted by Crippen LogP contribution is -2.13. The second-order valence-corrected chi connectivity index (χ2v) is 4.00. The third-order valence-electron chi connectivity index (χ3n) is 2.22. The van der Waals surface area contributed by atoms with E-state index in [4.69, 9.17) is 16.3 Å². The van der Waals surface area contributed by atoms with E-state index in [1.165, 1.54) is 0 Å². The van der Waals surface area contributed by atoms with Crippen LogP contribution in [0.2, 0.25) is 5.15 Å². The molecule has 0 spiro atoms. The van der Waals surface area contributed by atoms with Crippen LogP contribution in [0.1, 0.15) is 25.5 Å². The van der Waals surface area contributed by atoms with Gasteiger partial charge in [-0.1, -0.05) is 11.6 Å². The van der Waals surface area contributed by atoms with Crippen molar-refractivity contribution in [1.29, 1.82) is 0 Å². The molecule has 0 aromatic carbocycles. The predicted molar refractivity (Wildman–Crippen MR) is 68.3 cm³/mol. The van der Waals surface area contributed by atoms with E-state index in [1.807, 2.05) is 13.8 Å². The number of carbonyl (C=O) groups excluding carboxylic acids is 1. The molecular formula is C12H17ClN2O2. The number of nitrogens with zero attached hydrogens (tertiary/aromatic N) is 1.